The van der Waals surface area contributed by atoms with E-state index in [0.29, 0.717) is 10.7 Å². The Morgan fingerprint density at radius 3 is 2.70 bits per heavy atom. The van der Waals surface area contributed by atoms with E-state index in [4.69, 9.17) is 11.6 Å². The van der Waals surface area contributed by atoms with E-state index < -0.39 is 5.82 Å². The lowest BCUT2D eigenvalue weighted by Crippen LogP contribution is -2.20. The van der Waals surface area contributed by atoms with E-state index in [1.54, 1.807) is 25.1 Å². The molecule has 0 unspecified atom stereocenters. The fourth-order valence-electron chi connectivity index (χ4n) is 2.73. The second kappa shape index (κ2) is 12.5. The number of rotatable bonds is 10. The van der Waals surface area contributed by atoms with Gasteiger partial charge in [0.2, 0.25) is 0 Å². The summed E-state index contributed by atoms with van der Waals surface area (Å²) in [4.78, 5) is 4.37. The predicted octanol–water partition coefficient (Wildman–Crippen LogP) is 7.28. The van der Waals surface area contributed by atoms with Crippen LogP contribution in [0.3, 0.4) is 0 Å². The van der Waals surface area contributed by atoms with Crippen LogP contribution in [0.15, 0.2) is 47.6 Å². The van der Waals surface area contributed by atoms with Crippen LogP contribution in [0.1, 0.15) is 44.2 Å². The zero-order chi connectivity index (χ0) is 21.9. The van der Waals surface area contributed by atoms with E-state index in [9.17, 15) is 4.39 Å². The van der Waals surface area contributed by atoms with Crippen molar-refractivity contribution in [2.24, 2.45) is 4.99 Å². The third kappa shape index (κ3) is 6.67. The number of amidine groups is 1. The summed E-state index contributed by atoms with van der Waals surface area (Å²) < 4.78 is 17.7. The van der Waals surface area contributed by atoms with Crippen LogP contribution < -0.4 is 15.4 Å². The Kier molecular flexibility index (Phi) is 10.0. The summed E-state index contributed by atoms with van der Waals surface area (Å²) in [6.07, 6.45) is 7.12. The van der Waals surface area contributed by atoms with Crippen LogP contribution in [-0.2, 0) is 0 Å². The Bertz CT molecular complexity index is 899. The third-order valence-electron chi connectivity index (χ3n) is 4.36. The van der Waals surface area contributed by atoms with Gasteiger partial charge in [0, 0.05) is 24.1 Å². The average Bonchev–Trinajstić information content (AvgIpc) is 2.74. The Hall–Kier alpha value is -2.18. The summed E-state index contributed by atoms with van der Waals surface area (Å²) in [6, 6.07) is 8.89. The lowest BCUT2D eigenvalue weighted by molar-refractivity contribution is 0.632. The smallest absolute Gasteiger partial charge is 0.148 e. The van der Waals surface area contributed by atoms with Gasteiger partial charge in [-0.1, -0.05) is 56.0 Å². The standard InChI is InChI=1S/C23H30ClFN4S/c1-5-7-8-13-27-23(26-4)18-15-17(10-9-16(18)3)28-22-19(25)11-12-20(21(22)24)29-30-14-6-2/h8-13,15,28-29H,5-7,14H2,1-4H3,(H,26,27)/b13-8+. The summed E-state index contributed by atoms with van der Waals surface area (Å²) in [7, 11) is 1.75. The van der Waals surface area contributed by atoms with E-state index in [1.807, 2.05) is 31.3 Å². The van der Waals surface area contributed by atoms with Crippen LogP contribution in [0, 0.1) is 12.7 Å². The van der Waals surface area contributed by atoms with E-state index >= 15 is 0 Å². The summed E-state index contributed by atoms with van der Waals surface area (Å²) in [5.41, 5.74) is 3.67. The molecule has 0 spiro atoms. The van der Waals surface area contributed by atoms with Crippen molar-refractivity contribution >= 4 is 46.4 Å². The van der Waals surface area contributed by atoms with Gasteiger partial charge in [0.05, 0.1) is 16.4 Å². The van der Waals surface area contributed by atoms with Crippen LogP contribution in [0.5, 0.6) is 0 Å². The number of allylic oxidation sites excluding steroid dienone is 1. The molecule has 7 heteroatoms. The number of aliphatic imine (C=N–C) groups is 1. The van der Waals surface area contributed by atoms with Gasteiger partial charge in [0.15, 0.2) is 0 Å². The predicted molar refractivity (Wildman–Crippen MR) is 132 cm³/mol. The number of unbranched alkanes of at least 4 members (excludes halogenated alkanes) is 1. The van der Waals surface area contributed by atoms with Gasteiger partial charge >= 0.3 is 0 Å². The average molecular weight is 449 g/mol. The lowest BCUT2D eigenvalue weighted by Gasteiger charge is -2.16. The van der Waals surface area contributed by atoms with E-state index in [0.717, 1.165) is 47.7 Å². The normalized spacial score (nSPS) is 11.7. The SMILES string of the molecule is CCC/C=C/NC(=NC)c1cc(Nc2c(F)ccc(NSCCC)c2Cl)ccc1C. The molecule has 0 radical (unpaired) electrons. The summed E-state index contributed by atoms with van der Waals surface area (Å²) in [6.45, 7) is 6.26. The molecule has 0 bridgehead atoms. The number of hydrogen-bond acceptors (Lipinski definition) is 4. The van der Waals surface area contributed by atoms with Gasteiger partial charge < -0.3 is 15.4 Å². The highest BCUT2D eigenvalue weighted by Crippen LogP contribution is 2.36. The maximum absolute atomic E-state index is 14.5. The van der Waals surface area contributed by atoms with Crippen molar-refractivity contribution < 1.29 is 4.39 Å². The molecule has 0 fully saturated rings. The molecule has 4 nitrogen and oxygen atoms in total. The minimum absolute atomic E-state index is 0.249. The molecule has 0 aliphatic carbocycles. The minimum Gasteiger partial charge on any atom is -0.352 e. The van der Waals surface area contributed by atoms with Gasteiger partial charge in [-0.25, -0.2) is 4.39 Å². The first kappa shape index (κ1) is 24.1. The largest absolute Gasteiger partial charge is 0.352 e. The number of halogens is 2. The van der Waals surface area contributed by atoms with Gasteiger partial charge in [0.1, 0.15) is 11.7 Å². The molecule has 0 aromatic heterocycles. The number of nitrogens with zero attached hydrogens (tertiary/aromatic N) is 1. The number of benzene rings is 2. The molecule has 2 aromatic carbocycles. The van der Waals surface area contributed by atoms with Crippen molar-refractivity contribution in [3.05, 3.63) is 64.6 Å². The fourth-order valence-corrected chi connectivity index (χ4v) is 3.66. The summed E-state index contributed by atoms with van der Waals surface area (Å²) in [5, 5.41) is 6.70. The van der Waals surface area contributed by atoms with Crippen LogP contribution >= 0.6 is 23.5 Å². The number of nitrogens with one attached hydrogen (secondary N) is 3. The molecule has 2 rings (SSSR count). The van der Waals surface area contributed by atoms with Crippen LogP contribution in [0.2, 0.25) is 5.02 Å². The Morgan fingerprint density at radius 2 is 2.00 bits per heavy atom. The van der Waals surface area contributed by atoms with Crippen molar-refractivity contribution in [3.8, 4) is 0 Å². The van der Waals surface area contributed by atoms with Crippen molar-refractivity contribution in [1.82, 2.24) is 5.32 Å². The van der Waals surface area contributed by atoms with Crippen molar-refractivity contribution in [2.75, 3.05) is 22.8 Å². The zero-order valence-electron chi connectivity index (χ0n) is 18.0. The monoisotopic (exact) mass is 448 g/mol. The highest BCUT2D eigenvalue weighted by atomic mass is 35.5. The molecule has 30 heavy (non-hydrogen) atoms. The molecule has 2 aromatic rings. The molecular weight excluding hydrogens is 419 g/mol. The van der Waals surface area contributed by atoms with Gasteiger partial charge in [0.25, 0.3) is 0 Å². The highest BCUT2D eigenvalue weighted by molar-refractivity contribution is 8.00. The maximum atomic E-state index is 14.5. The Morgan fingerprint density at radius 1 is 1.20 bits per heavy atom. The maximum Gasteiger partial charge on any atom is 0.148 e. The van der Waals surface area contributed by atoms with Crippen LogP contribution in [0.4, 0.5) is 21.5 Å². The zero-order valence-corrected chi connectivity index (χ0v) is 19.6. The van der Waals surface area contributed by atoms with Gasteiger partial charge in [-0.2, -0.15) is 0 Å². The molecule has 0 saturated heterocycles. The highest BCUT2D eigenvalue weighted by Gasteiger charge is 2.14. The molecule has 0 aliphatic rings. The van der Waals surface area contributed by atoms with E-state index in [2.05, 4.69) is 40.3 Å². The Balaban J connectivity index is 2.27. The number of aryl methyl sites for hydroxylation is 1. The van der Waals surface area contributed by atoms with Crippen molar-refractivity contribution in [1.29, 1.82) is 0 Å². The second-order valence-electron chi connectivity index (χ2n) is 6.80. The second-order valence-corrected chi connectivity index (χ2v) is 8.08. The third-order valence-corrected chi connectivity index (χ3v) is 5.73. The van der Waals surface area contributed by atoms with Crippen molar-refractivity contribution in [3.63, 3.8) is 0 Å². The first-order chi connectivity index (χ1) is 14.5. The topological polar surface area (TPSA) is 48.5 Å². The van der Waals surface area contributed by atoms with E-state index in [1.165, 1.54) is 6.07 Å². The molecule has 0 aliphatic heterocycles. The fraction of sp³-hybridized carbons (Fsp3) is 0.348. The molecule has 0 atom stereocenters. The van der Waals surface area contributed by atoms with E-state index in [-0.39, 0.29) is 5.69 Å². The first-order valence-corrected chi connectivity index (χ1v) is 11.5. The molecule has 0 amide bonds. The van der Waals surface area contributed by atoms with Crippen LogP contribution in [0.25, 0.3) is 0 Å². The number of anilines is 3. The minimum atomic E-state index is -0.404. The van der Waals surface area contributed by atoms with Crippen LogP contribution in [-0.4, -0.2) is 18.6 Å². The number of hydrogen-bond donors (Lipinski definition) is 3. The Labute approximate surface area is 188 Å². The summed E-state index contributed by atoms with van der Waals surface area (Å²) >= 11 is 8.03. The van der Waals surface area contributed by atoms with Gasteiger partial charge in [-0.05, 0) is 55.8 Å². The molecular formula is C23H30ClFN4S. The van der Waals surface area contributed by atoms with Crippen molar-refractivity contribution in [2.45, 2.75) is 40.0 Å². The summed E-state index contributed by atoms with van der Waals surface area (Å²) in [5.74, 6) is 1.29. The van der Waals surface area contributed by atoms with Gasteiger partial charge in [-0.15, -0.1) is 0 Å². The van der Waals surface area contributed by atoms with Gasteiger partial charge in [-0.3, -0.25) is 4.99 Å². The molecule has 162 valence electrons. The quantitative estimate of drug-likeness (QED) is 0.155. The first-order valence-electron chi connectivity index (χ1n) is 10.1. The molecule has 0 heterocycles. The molecule has 0 saturated carbocycles. The molecule has 3 N–H and O–H groups in total. The lowest BCUT2D eigenvalue weighted by atomic mass is 10.1.